The number of hydrogen-bond acceptors (Lipinski definition) is 5. The van der Waals surface area contributed by atoms with Gasteiger partial charge in [-0.25, -0.2) is 4.98 Å². The highest BCUT2D eigenvalue weighted by molar-refractivity contribution is 6.03. The number of hydrogen-bond donors (Lipinski definition) is 3. The molecule has 1 aromatic rings. The Hall–Kier alpha value is -2.15. The molecule has 0 atom stereocenters. The predicted molar refractivity (Wildman–Crippen MR) is 97.9 cm³/mol. The summed E-state index contributed by atoms with van der Waals surface area (Å²) in [6, 6.07) is 1.81. The lowest BCUT2D eigenvalue weighted by Gasteiger charge is -2.46. The third kappa shape index (κ3) is 3.76. The maximum absolute atomic E-state index is 12.7. The van der Waals surface area contributed by atoms with E-state index in [4.69, 9.17) is 0 Å². The Bertz CT molecular complexity index is 697. The summed E-state index contributed by atoms with van der Waals surface area (Å²) in [6.45, 7) is 8.83. The normalized spacial score (nSPS) is 22.1. The van der Waals surface area contributed by atoms with Crippen LogP contribution >= 0.6 is 0 Å². The molecule has 0 unspecified atom stereocenters. The molecule has 3 rings (SSSR count). The maximum atomic E-state index is 12.7. The fourth-order valence-corrected chi connectivity index (χ4v) is 4.07. The van der Waals surface area contributed by atoms with Gasteiger partial charge in [-0.3, -0.25) is 9.59 Å². The second-order valence-electron chi connectivity index (χ2n) is 8.37. The van der Waals surface area contributed by atoms with E-state index in [2.05, 4.69) is 48.6 Å². The highest BCUT2D eigenvalue weighted by Crippen LogP contribution is 2.30. The summed E-state index contributed by atoms with van der Waals surface area (Å²) in [6.07, 6.45) is 3.28. The molecule has 2 amide bonds. The minimum atomic E-state index is -0.153. The monoisotopic (exact) mass is 345 g/mol. The van der Waals surface area contributed by atoms with Gasteiger partial charge in [-0.2, -0.15) is 0 Å². The number of nitrogens with one attached hydrogen (secondary N) is 3. The zero-order valence-corrected chi connectivity index (χ0v) is 15.6. The van der Waals surface area contributed by atoms with Crippen LogP contribution in [0.4, 0.5) is 11.5 Å². The molecule has 1 aromatic heterocycles. The van der Waals surface area contributed by atoms with E-state index in [1.54, 1.807) is 19.3 Å². The molecule has 0 aromatic carbocycles. The SMILES string of the molecule is CN1C(=O)CNc2ncc(C(=O)NC3CC(C)(C)NC(C)(C)C3)cc21. The standard InChI is InChI=1S/C18H27N5O2/c1-17(2)7-12(8-18(3,4)22-17)21-16(25)11-6-13-15(19-9-11)20-10-14(24)23(13)5/h6,9,12,22H,7-8,10H2,1-5H3,(H,19,20)(H,21,25). The zero-order valence-electron chi connectivity index (χ0n) is 15.6. The maximum Gasteiger partial charge on any atom is 0.253 e. The van der Waals surface area contributed by atoms with Crippen molar-refractivity contribution in [2.45, 2.75) is 57.7 Å². The summed E-state index contributed by atoms with van der Waals surface area (Å²) in [5, 5.41) is 9.72. The number of pyridine rings is 1. The van der Waals surface area contributed by atoms with Crippen molar-refractivity contribution < 1.29 is 9.59 Å². The molecule has 7 nitrogen and oxygen atoms in total. The second-order valence-corrected chi connectivity index (χ2v) is 8.37. The van der Waals surface area contributed by atoms with E-state index in [1.165, 1.54) is 4.90 Å². The van der Waals surface area contributed by atoms with Crippen LogP contribution in [0.15, 0.2) is 12.3 Å². The molecule has 2 aliphatic heterocycles. The van der Waals surface area contributed by atoms with Crippen molar-refractivity contribution in [1.82, 2.24) is 15.6 Å². The van der Waals surface area contributed by atoms with Gasteiger partial charge in [0.15, 0.2) is 0 Å². The number of aromatic nitrogens is 1. The Morgan fingerprint density at radius 1 is 1.28 bits per heavy atom. The Balaban J connectivity index is 1.77. The van der Waals surface area contributed by atoms with Crippen molar-refractivity contribution in [2.75, 3.05) is 23.8 Å². The summed E-state index contributed by atoms with van der Waals surface area (Å²) in [5.41, 5.74) is 1.03. The van der Waals surface area contributed by atoms with Gasteiger partial charge in [0.1, 0.15) is 5.82 Å². The summed E-state index contributed by atoms with van der Waals surface area (Å²) >= 11 is 0. The molecule has 136 valence electrons. The van der Waals surface area contributed by atoms with Gasteiger partial charge in [0, 0.05) is 30.4 Å². The van der Waals surface area contributed by atoms with Crippen LogP contribution in [0.2, 0.25) is 0 Å². The minimum Gasteiger partial charge on any atom is -0.359 e. The summed E-state index contributed by atoms with van der Waals surface area (Å²) < 4.78 is 0. The Labute approximate surface area is 148 Å². The molecule has 3 N–H and O–H groups in total. The van der Waals surface area contributed by atoms with Crippen LogP contribution in [0, 0.1) is 0 Å². The third-order valence-corrected chi connectivity index (χ3v) is 4.80. The van der Waals surface area contributed by atoms with Crippen LogP contribution < -0.4 is 20.9 Å². The number of fused-ring (bicyclic) bond motifs is 1. The number of carbonyl (C=O) groups excluding carboxylic acids is 2. The molecular formula is C18H27N5O2. The first-order valence-electron chi connectivity index (χ1n) is 8.67. The fourth-order valence-electron chi connectivity index (χ4n) is 4.07. The molecule has 25 heavy (non-hydrogen) atoms. The lowest BCUT2D eigenvalue weighted by molar-refractivity contribution is -0.116. The van der Waals surface area contributed by atoms with Gasteiger partial charge < -0.3 is 20.9 Å². The van der Waals surface area contributed by atoms with E-state index in [9.17, 15) is 9.59 Å². The van der Waals surface area contributed by atoms with Gasteiger partial charge in [-0.05, 0) is 46.6 Å². The smallest absolute Gasteiger partial charge is 0.253 e. The van der Waals surface area contributed by atoms with E-state index in [0.29, 0.717) is 17.1 Å². The zero-order chi connectivity index (χ0) is 18.4. The topological polar surface area (TPSA) is 86.4 Å². The minimum absolute atomic E-state index is 0.0373. The molecule has 3 heterocycles. The van der Waals surface area contributed by atoms with Crippen LogP contribution in [-0.2, 0) is 4.79 Å². The van der Waals surface area contributed by atoms with Crippen molar-refractivity contribution in [3.05, 3.63) is 17.8 Å². The summed E-state index contributed by atoms with van der Waals surface area (Å²) in [7, 11) is 1.70. The van der Waals surface area contributed by atoms with Crippen LogP contribution in [0.1, 0.15) is 50.9 Å². The Kier molecular flexibility index (Phi) is 4.23. The fraction of sp³-hybridized carbons (Fsp3) is 0.611. The quantitative estimate of drug-likeness (QED) is 0.756. The van der Waals surface area contributed by atoms with Crippen molar-refractivity contribution in [3.8, 4) is 0 Å². The van der Waals surface area contributed by atoms with Crippen molar-refractivity contribution in [1.29, 1.82) is 0 Å². The van der Waals surface area contributed by atoms with Gasteiger partial charge in [-0.15, -0.1) is 0 Å². The van der Waals surface area contributed by atoms with E-state index in [-0.39, 0.29) is 35.5 Å². The van der Waals surface area contributed by atoms with E-state index in [1.807, 2.05) is 0 Å². The molecule has 1 saturated heterocycles. The molecule has 2 aliphatic rings. The molecule has 0 aliphatic carbocycles. The lowest BCUT2D eigenvalue weighted by atomic mass is 9.79. The first kappa shape index (κ1) is 17.7. The van der Waals surface area contributed by atoms with Crippen molar-refractivity contribution >= 4 is 23.3 Å². The van der Waals surface area contributed by atoms with Crippen molar-refractivity contribution in [2.24, 2.45) is 0 Å². The van der Waals surface area contributed by atoms with Crippen molar-refractivity contribution in [3.63, 3.8) is 0 Å². The lowest BCUT2D eigenvalue weighted by Crippen LogP contribution is -2.62. The highest BCUT2D eigenvalue weighted by atomic mass is 16.2. The largest absolute Gasteiger partial charge is 0.359 e. The Morgan fingerprint density at radius 3 is 2.56 bits per heavy atom. The van der Waals surface area contributed by atoms with Gasteiger partial charge in [-0.1, -0.05) is 0 Å². The number of amides is 2. The summed E-state index contributed by atoms with van der Waals surface area (Å²) in [4.78, 5) is 30.4. The van der Waals surface area contributed by atoms with Gasteiger partial charge >= 0.3 is 0 Å². The molecule has 1 fully saturated rings. The van der Waals surface area contributed by atoms with Crippen LogP contribution in [-0.4, -0.2) is 47.5 Å². The van der Waals surface area contributed by atoms with E-state index >= 15 is 0 Å². The van der Waals surface area contributed by atoms with Gasteiger partial charge in [0.05, 0.1) is 17.8 Å². The summed E-state index contributed by atoms with van der Waals surface area (Å²) in [5.74, 6) is 0.428. The number of nitrogens with zero attached hydrogens (tertiary/aromatic N) is 2. The Morgan fingerprint density at radius 2 is 1.92 bits per heavy atom. The molecule has 0 saturated carbocycles. The second kappa shape index (κ2) is 5.98. The van der Waals surface area contributed by atoms with E-state index < -0.39 is 0 Å². The molecular weight excluding hydrogens is 318 g/mol. The average Bonchev–Trinajstić information content (AvgIpc) is 2.47. The van der Waals surface area contributed by atoms with Crippen LogP contribution in [0.25, 0.3) is 0 Å². The van der Waals surface area contributed by atoms with Gasteiger partial charge in [0.25, 0.3) is 5.91 Å². The predicted octanol–water partition coefficient (Wildman–Crippen LogP) is 1.51. The molecule has 7 heteroatoms. The number of rotatable bonds is 2. The van der Waals surface area contributed by atoms with Gasteiger partial charge in [0.2, 0.25) is 5.91 Å². The average molecular weight is 345 g/mol. The van der Waals surface area contributed by atoms with E-state index in [0.717, 1.165) is 12.8 Å². The van der Waals surface area contributed by atoms with Crippen LogP contribution in [0.3, 0.4) is 0 Å². The number of piperidine rings is 1. The molecule has 0 bridgehead atoms. The number of anilines is 2. The number of likely N-dealkylation sites (N-methyl/N-ethyl adjacent to an activating group) is 1. The highest BCUT2D eigenvalue weighted by Gasteiger charge is 2.38. The third-order valence-electron chi connectivity index (χ3n) is 4.80. The number of carbonyl (C=O) groups is 2. The van der Waals surface area contributed by atoms with Crippen LogP contribution in [0.5, 0.6) is 0 Å². The first-order chi connectivity index (χ1) is 11.6. The first-order valence-corrected chi connectivity index (χ1v) is 8.67. The molecule has 0 radical (unpaired) electrons. The molecule has 0 spiro atoms.